The highest BCUT2D eigenvalue weighted by molar-refractivity contribution is 5.98. The second-order valence-electron chi connectivity index (χ2n) is 8.17. The molecule has 1 amide bonds. The number of H-pyrrole nitrogens is 1. The molecule has 166 valence electrons. The van der Waals surface area contributed by atoms with Gasteiger partial charge in [0, 0.05) is 23.5 Å². The number of aliphatic hydroxyl groups excluding tert-OH is 1. The average molecular weight is 434 g/mol. The molecular weight excluding hydrogens is 408 g/mol. The van der Waals surface area contributed by atoms with E-state index in [1.165, 1.54) is 0 Å². The summed E-state index contributed by atoms with van der Waals surface area (Å²) in [5.74, 6) is 1.54. The lowest BCUT2D eigenvalue weighted by atomic mass is 10.0. The molecule has 0 saturated carbocycles. The van der Waals surface area contributed by atoms with Gasteiger partial charge in [-0.3, -0.25) is 4.79 Å². The van der Waals surface area contributed by atoms with Crippen molar-refractivity contribution >= 4 is 16.8 Å². The number of hydrogen-bond donors (Lipinski definition) is 3. The zero-order chi connectivity index (χ0) is 22.1. The predicted octanol–water partition coefficient (Wildman–Crippen LogP) is 3.64. The van der Waals surface area contributed by atoms with Gasteiger partial charge in [-0.25, -0.2) is 0 Å². The number of carbonyl (C=O) groups is 1. The molecule has 2 atom stereocenters. The lowest BCUT2D eigenvalue weighted by Gasteiger charge is -2.24. The summed E-state index contributed by atoms with van der Waals surface area (Å²) in [4.78, 5) is 16.5. The minimum Gasteiger partial charge on any atom is -0.490 e. The Morgan fingerprint density at radius 1 is 1.25 bits per heavy atom. The van der Waals surface area contributed by atoms with Gasteiger partial charge in [0.1, 0.15) is 19.3 Å². The summed E-state index contributed by atoms with van der Waals surface area (Å²) in [6.45, 7) is 2.55. The van der Waals surface area contributed by atoms with Gasteiger partial charge >= 0.3 is 0 Å². The number of hydrogen-bond acceptors (Lipinski definition) is 5. The fourth-order valence-electron chi connectivity index (χ4n) is 4.32. The van der Waals surface area contributed by atoms with Crippen molar-refractivity contribution < 1.29 is 24.1 Å². The number of amides is 1. The zero-order valence-corrected chi connectivity index (χ0v) is 17.9. The van der Waals surface area contributed by atoms with Gasteiger partial charge in [-0.05, 0) is 48.7 Å². The first-order chi connectivity index (χ1) is 15.6. The molecule has 32 heavy (non-hydrogen) atoms. The normalized spacial score (nSPS) is 18.2. The Hall–Kier alpha value is -3.45. The van der Waals surface area contributed by atoms with Crippen molar-refractivity contribution in [3.8, 4) is 11.5 Å². The SMILES string of the molecule is CC1=CCC(c2cc3c(c(C(=O)N[C@@H](CO)Cc4c[nH]c5ccccc45)c2)OCCO3)O1. The largest absolute Gasteiger partial charge is 0.490 e. The van der Waals surface area contributed by atoms with E-state index in [9.17, 15) is 9.90 Å². The minimum atomic E-state index is -0.447. The van der Waals surface area contributed by atoms with Crippen LogP contribution in [0.2, 0.25) is 0 Å². The fraction of sp³-hybridized carbons (Fsp3) is 0.320. The summed E-state index contributed by atoms with van der Waals surface area (Å²) in [5.41, 5.74) is 3.32. The number of benzene rings is 2. The molecule has 0 fully saturated rings. The van der Waals surface area contributed by atoms with Gasteiger partial charge in [0.15, 0.2) is 11.5 Å². The lowest BCUT2D eigenvalue weighted by molar-refractivity contribution is 0.0904. The third-order valence-electron chi connectivity index (χ3n) is 5.93. The van der Waals surface area contributed by atoms with Gasteiger partial charge in [0.05, 0.1) is 24.0 Å². The van der Waals surface area contributed by atoms with Crippen LogP contribution < -0.4 is 14.8 Å². The molecule has 0 bridgehead atoms. The molecule has 0 saturated heterocycles. The fourth-order valence-corrected chi connectivity index (χ4v) is 4.32. The van der Waals surface area contributed by atoms with Crippen molar-refractivity contribution in [1.82, 2.24) is 10.3 Å². The Morgan fingerprint density at radius 2 is 2.09 bits per heavy atom. The third-order valence-corrected chi connectivity index (χ3v) is 5.93. The summed E-state index contributed by atoms with van der Waals surface area (Å²) in [7, 11) is 0. The second-order valence-corrected chi connectivity index (χ2v) is 8.17. The molecule has 3 aromatic rings. The number of aliphatic hydroxyl groups is 1. The molecule has 2 aliphatic rings. The van der Waals surface area contributed by atoms with Crippen LogP contribution in [-0.4, -0.2) is 41.9 Å². The lowest BCUT2D eigenvalue weighted by Crippen LogP contribution is -2.39. The molecule has 7 nitrogen and oxygen atoms in total. The Labute approximate surface area is 186 Å². The molecule has 1 aromatic heterocycles. The molecule has 5 rings (SSSR count). The highest BCUT2D eigenvalue weighted by atomic mass is 16.6. The van der Waals surface area contributed by atoms with E-state index in [-0.39, 0.29) is 18.6 Å². The molecule has 2 aromatic carbocycles. The van der Waals surface area contributed by atoms with Crippen molar-refractivity contribution in [3.63, 3.8) is 0 Å². The van der Waals surface area contributed by atoms with Crippen LogP contribution in [0, 0.1) is 0 Å². The summed E-state index contributed by atoms with van der Waals surface area (Å²) < 4.78 is 17.4. The Bertz CT molecular complexity index is 1180. The molecule has 0 aliphatic carbocycles. The first-order valence-electron chi connectivity index (χ1n) is 10.9. The van der Waals surface area contributed by atoms with E-state index >= 15 is 0 Å². The van der Waals surface area contributed by atoms with E-state index in [1.807, 2.05) is 49.5 Å². The summed E-state index contributed by atoms with van der Waals surface area (Å²) in [6, 6.07) is 11.2. The maximum atomic E-state index is 13.3. The van der Waals surface area contributed by atoms with Crippen molar-refractivity contribution in [2.75, 3.05) is 19.8 Å². The van der Waals surface area contributed by atoms with Gasteiger partial charge in [0.2, 0.25) is 0 Å². The molecule has 3 heterocycles. The van der Waals surface area contributed by atoms with Crippen LogP contribution in [0.4, 0.5) is 0 Å². The van der Waals surface area contributed by atoms with Gasteiger partial charge in [-0.1, -0.05) is 18.2 Å². The van der Waals surface area contributed by atoms with E-state index in [4.69, 9.17) is 14.2 Å². The number of nitrogens with one attached hydrogen (secondary N) is 2. The quantitative estimate of drug-likeness (QED) is 0.551. The number of aromatic nitrogens is 1. The molecular formula is C25H26N2O5. The van der Waals surface area contributed by atoms with Crippen LogP contribution in [-0.2, 0) is 11.2 Å². The highest BCUT2D eigenvalue weighted by Crippen LogP contribution is 2.40. The number of fused-ring (bicyclic) bond motifs is 2. The van der Waals surface area contributed by atoms with Gasteiger partial charge in [0.25, 0.3) is 5.91 Å². The monoisotopic (exact) mass is 434 g/mol. The number of ether oxygens (including phenoxy) is 3. The van der Waals surface area contributed by atoms with Crippen LogP contribution in [0.3, 0.4) is 0 Å². The van der Waals surface area contributed by atoms with E-state index in [2.05, 4.69) is 10.3 Å². The number of allylic oxidation sites excluding steroid dienone is 1. The Morgan fingerprint density at radius 3 is 2.91 bits per heavy atom. The predicted molar refractivity (Wildman–Crippen MR) is 120 cm³/mol. The van der Waals surface area contributed by atoms with Gasteiger partial charge < -0.3 is 29.6 Å². The average Bonchev–Trinajstić information content (AvgIpc) is 3.44. The maximum Gasteiger partial charge on any atom is 0.255 e. The van der Waals surface area contributed by atoms with Gasteiger partial charge in [-0.2, -0.15) is 0 Å². The smallest absolute Gasteiger partial charge is 0.255 e. The topological polar surface area (TPSA) is 92.8 Å². The molecule has 0 radical (unpaired) electrons. The van der Waals surface area contributed by atoms with Crippen LogP contribution >= 0.6 is 0 Å². The number of para-hydroxylation sites is 1. The van der Waals surface area contributed by atoms with Gasteiger partial charge in [-0.15, -0.1) is 0 Å². The first kappa shape index (κ1) is 20.5. The van der Waals surface area contributed by atoms with Crippen LogP contribution in [0.1, 0.15) is 40.9 Å². The maximum absolute atomic E-state index is 13.3. The molecule has 3 N–H and O–H groups in total. The number of aromatic amines is 1. The molecule has 1 unspecified atom stereocenters. The van der Waals surface area contributed by atoms with E-state index in [0.29, 0.717) is 36.7 Å². The van der Waals surface area contributed by atoms with Crippen LogP contribution in [0.15, 0.2) is 54.4 Å². The number of carbonyl (C=O) groups excluding carboxylic acids is 1. The minimum absolute atomic E-state index is 0.155. The van der Waals surface area contributed by atoms with Crippen molar-refractivity contribution in [3.05, 3.63) is 71.1 Å². The summed E-state index contributed by atoms with van der Waals surface area (Å²) in [6.07, 6.45) is 5.04. The highest BCUT2D eigenvalue weighted by Gasteiger charge is 2.27. The van der Waals surface area contributed by atoms with Crippen molar-refractivity contribution in [2.24, 2.45) is 0 Å². The Kier molecular flexibility index (Phi) is 5.49. The summed E-state index contributed by atoms with van der Waals surface area (Å²) >= 11 is 0. The van der Waals surface area contributed by atoms with E-state index < -0.39 is 6.04 Å². The first-order valence-corrected chi connectivity index (χ1v) is 10.9. The van der Waals surface area contributed by atoms with Crippen molar-refractivity contribution in [2.45, 2.75) is 31.9 Å². The summed E-state index contributed by atoms with van der Waals surface area (Å²) in [5, 5.41) is 14.0. The van der Waals surface area contributed by atoms with E-state index in [0.717, 1.165) is 34.2 Å². The third kappa shape index (κ3) is 3.91. The zero-order valence-electron chi connectivity index (χ0n) is 17.9. The second kappa shape index (κ2) is 8.59. The molecule has 0 spiro atoms. The molecule has 2 aliphatic heterocycles. The van der Waals surface area contributed by atoms with Crippen LogP contribution in [0.5, 0.6) is 11.5 Å². The number of rotatable bonds is 6. The van der Waals surface area contributed by atoms with Crippen molar-refractivity contribution in [1.29, 1.82) is 0 Å². The standard InChI is InChI=1S/C25H26N2O5/c1-15-6-7-22(32-15)16-11-20(24-23(12-16)30-8-9-31-24)25(29)27-18(14-28)10-17-13-26-21-5-3-2-4-19(17)21/h2-6,11-13,18,22,26,28H,7-10,14H2,1H3,(H,27,29)/t18-,22?/m1/s1. The molecule has 7 heteroatoms. The van der Waals surface area contributed by atoms with E-state index in [1.54, 1.807) is 6.07 Å². The van der Waals surface area contributed by atoms with Crippen LogP contribution in [0.25, 0.3) is 10.9 Å². The Balaban J connectivity index is 1.40.